The molecule has 0 bridgehead atoms. The van der Waals surface area contributed by atoms with Crippen LogP contribution >= 0.6 is 0 Å². The third-order valence-corrected chi connectivity index (χ3v) is 2.02. The van der Waals surface area contributed by atoms with E-state index in [9.17, 15) is 0 Å². The average molecular weight is 161 g/mol. The summed E-state index contributed by atoms with van der Waals surface area (Å²) in [5.41, 5.74) is 5.11. The summed E-state index contributed by atoms with van der Waals surface area (Å²) in [7, 11) is 0. The van der Waals surface area contributed by atoms with Gasteiger partial charge in [0.2, 0.25) is 0 Å². The smallest absolute Gasteiger partial charge is 0.154 e. The molecule has 66 valence electrons. The Bertz CT molecular complexity index is 115. The molecular formula is C7H15NO3. The van der Waals surface area contributed by atoms with Gasteiger partial charge in [0.15, 0.2) is 6.29 Å². The van der Waals surface area contributed by atoms with Crippen LogP contribution in [-0.2, 0) is 9.47 Å². The molecule has 1 aliphatic rings. The van der Waals surface area contributed by atoms with E-state index in [0.717, 1.165) is 0 Å². The van der Waals surface area contributed by atoms with Crippen molar-refractivity contribution in [2.45, 2.75) is 13.2 Å². The summed E-state index contributed by atoms with van der Waals surface area (Å²) >= 11 is 0. The minimum atomic E-state index is -0.369. The first kappa shape index (κ1) is 8.93. The van der Waals surface area contributed by atoms with Crippen LogP contribution in [0, 0.1) is 5.41 Å². The molecule has 0 aromatic heterocycles. The number of ether oxygens (including phenoxy) is 2. The molecule has 0 aliphatic carbocycles. The van der Waals surface area contributed by atoms with Crippen molar-refractivity contribution in [1.82, 2.24) is 0 Å². The van der Waals surface area contributed by atoms with Crippen LogP contribution in [-0.4, -0.2) is 37.8 Å². The van der Waals surface area contributed by atoms with E-state index in [0.29, 0.717) is 19.8 Å². The molecule has 0 spiro atoms. The molecule has 1 saturated heterocycles. The highest BCUT2D eigenvalue weighted by atomic mass is 16.7. The summed E-state index contributed by atoms with van der Waals surface area (Å²) in [5.74, 6) is 0. The van der Waals surface area contributed by atoms with Gasteiger partial charge in [0.25, 0.3) is 0 Å². The van der Waals surface area contributed by atoms with Gasteiger partial charge in [0.05, 0.1) is 25.2 Å². The second kappa shape index (κ2) is 3.49. The van der Waals surface area contributed by atoms with Crippen LogP contribution < -0.4 is 5.73 Å². The summed E-state index contributed by atoms with van der Waals surface area (Å²) in [4.78, 5) is 0. The Morgan fingerprint density at radius 3 is 2.45 bits per heavy atom. The Labute approximate surface area is 66.3 Å². The third kappa shape index (κ3) is 1.90. The maximum Gasteiger partial charge on any atom is 0.154 e. The molecule has 4 heteroatoms. The van der Waals surface area contributed by atoms with Crippen LogP contribution in [0.25, 0.3) is 0 Å². The van der Waals surface area contributed by atoms with E-state index in [1.165, 1.54) is 0 Å². The van der Waals surface area contributed by atoms with Gasteiger partial charge in [-0.05, 0) is 6.92 Å². The first-order valence-corrected chi connectivity index (χ1v) is 3.76. The van der Waals surface area contributed by atoms with Gasteiger partial charge in [-0.1, -0.05) is 0 Å². The fourth-order valence-electron chi connectivity index (χ4n) is 0.952. The van der Waals surface area contributed by atoms with Gasteiger partial charge in [-0.25, -0.2) is 0 Å². The fourth-order valence-corrected chi connectivity index (χ4v) is 0.952. The maximum atomic E-state index is 8.99. The highest BCUT2D eigenvalue weighted by molar-refractivity contribution is 4.81. The van der Waals surface area contributed by atoms with Gasteiger partial charge in [-0.3, -0.25) is 0 Å². The predicted octanol–water partition coefficient (Wildman–Crippen LogP) is -0.683. The zero-order chi connectivity index (χ0) is 8.32. The summed E-state index contributed by atoms with van der Waals surface area (Å²) in [6, 6.07) is 0. The highest BCUT2D eigenvalue weighted by Gasteiger charge is 2.33. The van der Waals surface area contributed by atoms with E-state index in [1.54, 1.807) is 0 Å². The summed E-state index contributed by atoms with van der Waals surface area (Å²) in [6.07, 6.45) is -0.166. The Morgan fingerprint density at radius 1 is 1.55 bits per heavy atom. The van der Waals surface area contributed by atoms with Crippen molar-refractivity contribution >= 4 is 0 Å². The molecular weight excluding hydrogens is 146 g/mol. The van der Waals surface area contributed by atoms with Gasteiger partial charge < -0.3 is 20.3 Å². The predicted molar refractivity (Wildman–Crippen MR) is 39.9 cm³/mol. The summed E-state index contributed by atoms with van der Waals surface area (Å²) < 4.78 is 10.4. The van der Waals surface area contributed by atoms with Gasteiger partial charge >= 0.3 is 0 Å². The van der Waals surface area contributed by atoms with E-state index in [2.05, 4.69) is 0 Å². The number of aliphatic hydroxyl groups is 1. The summed E-state index contributed by atoms with van der Waals surface area (Å²) in [6.45, 7) is 3.23. The largest absolute Gasteiger partial charge is 0.396 e. The van der Waals surface area contributed by atoms with Gasteiger partial charge in [-0.15, -0.1) is 0 Å². The third-order valence-electron chi connectivity index (χ3n) is 2.02. The van der Waals surface area contributed by atoms with Crippen LogP contribution in [0.1, 0.15) is 6.92 Å². The highest BCUT2D eigenvalue weighted by Crippen LogP contribution is 2.22. The van der Waals surface area contributed by atoms with Crippen molar-refractivity contribution in [2.24, 2.45) is 11.1 Å². The fraction of sp³-hybridized carbons (Fsp3) is 1.00. The van der Waals surface area contributed by atoms with Crippen LogP contribution in [0.4, 0.5) is 0 Å². The maximum absolute atomic E-state index is 8.99. The molecule has 0 aromatic carbocycles. The van der Waals surface area contributed by atoms with Crippen molar-refractivity contribution in [1.29, 1.82) is 0 Å². The second-order valence-corrected chi connectivity index (χ2v) is 3.05. The molecule has 0 radical (unpaired) electrons. The Kier molecular flexibility index (Phi) is 2.84. The monoisotopic (exact) mass is 161 g/mol. The lowest BCUT2D eigenvalue weighted by Gasteiger charge is -2.36. The van der Waals surface area contributed by atoms with Gasteiger partial charge in [-0.2, -0.15) is 0 Å². The molecule has 3 N–H and O–H groups in total. The minimum Gasteiger partial charge on any atom is -0.396 e. The topological polar surface area (TPSA) is 64.7 Å². The molecule has 0 aromatic rings. The van der Waals surface area contributed by atoms with E-state index >= 15 is 0 Å². The SMILES string of the molecule is CC1OCC(CN)(CO)CO1. The normalized spacial score (nSPS) is 39.0. The first-order chi connectivity index (χ1) is 5.22. The van der Waals surface area contributed by atoms with E-state index in [-0.39, 0.29) is 18.3 Å². The lowest BCUT2D eigenvalue weighted by molar-refractivity contribution is -0.225. The quantitative estimate of drug-likeness (QED) is 0.563. The zero-order valence-electron chi connectivity index (χ0n) is 6.75. The average Bonchev–Trinajstić information content (AvgIpc) is 2.07. The second-order valence-electron chi connectivity index (χ2n) is 3.05. The molecule has 0 atom stereocenters. The minimum absolute atomic E-state index is 0.0240. The summed E-state index contributed by atoms with van der Waals surface area (Å²) in [5, 5.41) is 8.99. The van der Waals surface area contributed by atoms with Crippen molar-refractivity contribution < 1.29 is 14.6 Å². The molecule has 11 heavy (non-hydrogen) atoms. The molecule has 1 rings (SSSR count). The van der Waals surface area contributed by atoms with Crippen molar-refractivity contribution in [3.05, 3.63) is 0 Å². The van der Waals surface area contributed by atoms with Crippen molar-refractivity contribution in [3.8, 4) is 0 Å². The molecule has 0 unspecified atom stereocenters. The van der Waals surface area contributed by atoms with E-state index in [1.807, 2.05) is 6.92 Å². The van der Waals surface area contributed by atoms with E-state index < -0.39 is 0 Å². The van der Waals surface area contributed by atoms with Gasteiger partial charge in [0, 0.05) is 6.54 Å². The van der Waals surface area contributed by atoms with Crippen LogP contribution in [0.15, 0.2) is 0 Å². The lowest BCUT2D eigenvalue weighted by Crippen LogP contribution is -2.48. The van der Waals surface area contributed by atoms with Crippen LogP contribution in [0.5, 0.6) is 0 Å². The van der Waals surface area contributed by atoms with Crippen molar-refractivity contribution in [3.63, 3.8) is 0 Å². The number of nitrogens with two attached hydrogens (primary N) is 1. The molecule has 1 fully saturated rings. The standard InChI is InChI=1S/C7H15NO3/c1-6-10-4-7(2-8,3-9)5-11-6/h6,9H,2-5,8H2,1H3. The van der Waals surface area contributed by atoms with Gasteiger partial charge in [0.1, 0.15) is 0 Å². The van der Waals surface area contributed by atoms with Crippen LogP contribution in [0.3, 0.4) is 0 Å². The number of rotatable bonds is 2. The van der Waals surface area contributed by atoms with Crippen LogP contribution in [0.2, 0.25) is 0 Å². The molecule has 4 nitrogen and oxygen atoms in total. The Hall–Kier alpha value is -0.160. The van der Waals surface area contributed by atoms with E-state index in [4.69, 9.17) is 20.3 Å². The van der Waals surface area contributed by atoms with Crippen molar-refractivity contribution in [2.75, 3.05) is 26.4 Å². The molecule has 0 saturated carbocycles. The zero-order valence-corrected chi connectivity index (χ0v) is 6.75. The first-order valence-electron chi connectivity index (χ1n) is 3.76. The Morgan fingerprint density at radius 2 is 2.09 bits per heavy atom. The molecule has 1 aliphatic heterocycles. The number of hydrogen-bond acceptors (Lipinski definition) is 4. The lowest BCUT2D eigenvalue weighted by atomic mass is 9.91. The molecule has 1 heterocycles. The number of aliphatic hydroxyl groups excluding tert-OH is 1. The number of hydrogen-bond donors (Lipinski definition) is 2. The molecule has 0 amide bonds. The Balaban J connectivity index is 2.45.